The number of hydrogen-bond donors (Lipinski definition) is 0. The van der Waals surface area contributed by atoms with Gasteiger partial charge in [-0.1, -0.05) is 37.3 Å². The molecule has 0 atom stereocenters. The van der Waals surface area contributed by atoms with Crippen LogP contribution < -0.4 is 0 Å². The summed E-state index contributed by atoms with van der Waals surface area (Å²) in [6.45, 7) is 4.81. The molecule has 0 saturated carbocycles. The molecule has 2 aromatic rings. The van der Waals surface area contributed by atoms with Crippen molar-refractivity contribution in [3.63, 3.8) is 0 Å². The summed E-state index contributed by atoms with van der Waals surface area (Å²) in [5.41, 5.74) is 2.96. The van der Waals surface area contributed by atoms with Gasteiger partial charge in [0.2, 0.25) is 0 Å². The molecule has 0 aliphatic rings. The molecule has 112 valence electrons. The van der Waals surface area contributed by atoms with Gasteiger partial charge in [-0.25, -0.2) is 13.2 Å². The molecule has 0 amide bonds. The van der Waals surface area contributed by atoms with Crippen molar-refractivity contribution in [2.45, 2.75) is 39.5 Å². The Balaban J connectivity index is 2.50. The first-order valence-corrected chi connectivity index (χ1v) is 7.07. The van der Waals surface area contributed by atoms with Crippen LogP contribution in [0.5, 0.6) is 0 Å². The smallest absolute Gasteiger partial charge is 0.207 e. The third-order valence-corrected chi connectivity index (χ3v) is 3.90. The van der Waals surface area contributed by atoms with E-state index in [0.29, 0.717) is 0 Å². The van der Waals surface area contributed by atoms with E-state index >= 15 is 0 Å². The summed E-state index contributed by atoms with van der Waals surface area (Å²) in [5.74, 6) is -3.62. The van der Waals surface area contributed by atoms with E-state index in [1.165, 1.54) is 18.2 Å². The Bertz CT molecular complexity index is 639. The van der Waals surface area contributed by atoms with Crippen molar-refractivity contribution in [1.29, 1.82) is 0 Å². The van der Waals surface area contributed by atoms with Crippen LogP contribution in [0.2, 0.25) is 0 Å². The van der Waals surface area contributed by atoms with Crippen LogP contribution in [0, 0.1) is 12.7 Å². The molecule has 0 fully saturated rings. The standard InChI is InChI=1S/C18H19F3/c1-4-13-7-5-8-14(12(13)2)11-15-16(18(3,20)21)9-6-10-17(15)19/h5-10H,4,11H2,1-3H3. The maximum absolute atomic E-state index is 14.0. The molecular weight excluding hydrogens is 273 g/mol. The molecule has 0 unspecified atom stereocenters. The second kappa shape index (κ2) is 5.92. The van der Waals surface area contributed by atoms with Gasteiger partial charge in [-0.15, -0.1) is 0 Å². The van der Waals surface area contributed by atoms with E-state index in [9.17, 15) is 13.2 Å². The van der Waals surface area contributed by atoms with Gasteiger partial charge in [0.05, 0.1) is 0 Å². The fourth-order valence-corrected chi connectivity index (χ4v) is 2.65. The van der Waals surface area contributed by atoms with Crippen molar-refractivity contribution in [2.24, 2.45) is 0 Å². The highest BCUT2D eigenvalue weighted by Crippen LogP contribution is 2.33. The third kappa shape index (κ3) is 3.29. The van der Waals surface area contributed by atoms with Gasteiger partial charge in [0, 0.05) is 24.5 Å². The van der Waals surface area contributed by atoms with E-state index < -0.39 is 11.7 Å². The molecule has 0 saturated heterocycles. The SMILES string of the molecule is CCc1cccc(Cc2c(F)cccc2C(C)(F)F)c1C. The highest BCUT2D eigenvalue weighted by Gasteiger charge is 2.29. The maximum atomic E-state index is 14.0. The summed E-state index contributed by atoms with van der Waals surface area (Å²) in [6, 6.07) is 9.65. The second-order valence-corrected chi connectivity index (χ2v) is 5.39. The van der Waals surface area contributed by atoms with Crippen molar-refractivity contribution in [1.82, 2.24) is 0 Å². The van der Waals surface area contributed by atoms with Crippen LogP contribution in [-0.4, -0.2) is 0 Å². The van der Waals surface area contributed by atoms with Gasteiger partial charge >= 0.3 is 0 Å². The van der Waals surface area contributed by atoms with Crippen molar-refractivity contribution < 1.29 is 13.2 Å². The topological polar surface area (TPSA) is 0 Å². The lowest BCUT2D eigenvalue weighted by Crippen LogP contribution is -2.13. The molecule has 0 aliphatic heterocycles. The summed E-state index contributed by atoms with van der Waals surface area (Å²) in [6.07, 6.45) is 1.05. The van der Waals surface area contributed by atoms with Crippen LogP contribution in [0.3, 0.4) is 0 Å². The van der Waals surface area contributed by atoms with Crippen LogP contribution in [0.15, 0.2) is 36.4 Å². The summed E-state index contributed by atoms with van der Waals surface area (Å²) >= 11 is 0. The van der Waals surface area contributed by atoms with Crippen LogP contribution in [0.4, 0.5) is 13.2 Å². The maximum Gasteiger partial charge on any atom is 0.270 e. The van der Waals surface area contributed by atoms with Gasteiger partial charge in [-0.2, -0.15) is 0 Å². The lowest BCUT2D eigenvalue weighted by molar-refractivity contribution is 0.0162. The number of rotatable bonds is 4. The van der Waals surface area contributed by atoms with E-state index in [4.69, 9.17) is 0 Å². The molecule has 0 bridgehead atoms. The van der Waals surface area contributed by atoms with E-state index in [2.05, 4.69) is 0 Å². The van der Waals surface area contributed by atoms with E-state index in [1.807, 2.05) is 32.0 Å². The van der Waals surface area contributed by atoms with E-state index in [0.717, 1.165) is 30.0 Å². The Hall–Kier alpha value is -1.77. The first kappa shape index (κ1) is 15.6. The monoisotopic (exact) mass is 292 g/mol. The van der Waals surface area contributed by atoms with Crippen LogP contribution in [0.1, 0.15) is 41.7 Å². The molecule has 2 aromatic carbocycles. The highest BCUT2D eigenvalue weighted by atomic mass is 19.3. The quantitative estimate of drug-likeness (QED) is 0.708. The normalized spacial score (nSPS) is 11.7. The van der Waals surface area contributed by atoms with Crippen molar-refractivity contribution in [3.8, 4) is 0 Å². The lowest BCUT2D eigenvalue weighted by Gasteiger charge is -2.18. The molecule has 0 heterocycles. The number of halogens is 3. The Morgan fingerprint density at radius 2 is 1.62 bits per heavy atom. The number of hydrogen-bond acceptors (Lipinski definition) is 0. The number of aryl methyl sites for hydroxylation is 1. The van der Waals surface area contributed by atoms with Crippen LogP contribution in [0.25, 0.3) is 0 Å². The first-order valence-electron chi connectivity index (χ1n) is 7.07. The van der Waals surface area contributed by atoms with Crippen molar-refractivity contribution >= 4 is 0 Å². The Morgan fingerprint density at radius 1 is 1.00 bits per heavy atom. The first-order chi connectivity index (χ1) is 9.84. The number of benzene rings is 2. The van der Waals surface area contributed by atoms with Gasteiger partial charge < -0.3 is 0 Å². The molecular formula is C18H19F3. The average molecular weight is 292 g/mol. The van der Waals surface area contributed by atoms with Crippen molar-refractivity contribution in [2.75, 3.05) is 0 Å². The Kier molecular flexibility index (Phi) is 4.40. The molecule has 0 aliphatic carbocycles. The summed E-state index contributed by atoms with van der Waals surface area (Å²) in [4.78, 5) is 0. The van der Waals surface area contributed by atoms with E-state index in [1.54, 1.807) is 0 Å². The molecule has 21 heavy (non-hydrogen) atoms. The largest absolute Gasteiger partial charge is 0.270 e. The predicted octanol–water partition coefficient (Wildman–Crippen LogP) is 5.40. The minimum Gasteiger partial charge on any atom is -0.207 e. The predicted molar refractivity (Wildman–Crippen MR) is 79.3 cm³/mol. The summed E-state index contributed by atoms with van der Waals surface area (Å²) in [5, 5.41) is 0. The molecule has 0 aromatic heterocycles. The average Bonchev–Trinajstić information content (AvgIpc) is 2.42. The molecule has 0 spiro atoms. The third-order valence-electron chi connectivity index (χ3n) is 3.90. The molecule has 0 N–H and O–H groups in total. The van der Waals surface area contributed by atoms with Gasteiger partial charge in [0.15, 0.2) is 0 Å². The highest BCUT2D eigenvalue weighted by molar-refractivity contribution is 5.41. The molecule has 3 heteroatoms. The minimum atomic E-state index is -3.05. The van der Waals surface area contributed by atoms with Crippen LogP contribution in [-0.2, 0) is 18.8 Å². The Labute approximate surface area is 123 Å². The summed E-state index contributed by atoms with van der Waals surface area (Å²) < 4.78 is 41.4. The molecule has 2 rings (SSSR count). The van der Waals surface area contributed by atoms with Gasteiger partial charge in [0.1, 0.15) is 5.82 Å². The van der Waals surface area contributed by atoms with Crippen molar-refractivity contribution in [3.05, 3.63) is 70.0 Å². The Morgan fingerprint density at radius 3 is 2.24 bits per heavy atom. The van der Waals surface area contributed by atoms with Gasteiger partial charge in [-0.3, -0.25) is 0 Å². The lowest BCUT2D eigenvalue weighted by atomic mass is 9.92. The summed E-state index contributed by atoms with van der Waals surface area (Å²) in [7, 11) is 0. The number of alkyl halides is 2. The zero-order valence-corrected chi connectivity index (χ0v) is 12.5. The zero-order valence-electron chi connectivity index (χ0n) is 12.5. The zero-order chi connectivity index (χ0) is 15.6. The van der Waals surface area contributed by atoms with Gasteiger partial charge in [0.25, 0.3) is 5.92 Å². The van der Waals surface area contributed by atoms with Gasteiger partial charge in [-0.05, 0) is 36.1 Å². The van der Waals surface area contributed by atoms with Crippen LogP contribution >= 0.6 is 0 Å². The second-order valence-electron chi connectivity index (χ2n) is 5.39. The molecule has 0 nitrogen and oxygen atoms in total. The molecule has 0 radical (unpaired) electrons. The van der Waals surface area contributed by atoms with E-state index in [-0.39, 0.29) is 17.5 Å². The fourth-order valence-electron chi connectivity index (χ4n) is 2.65. The fraction of sp³-hybridized carbons (Fsp3) is 0.333. The minimum absolute atomic E-state index is 0.0846.